The molecule has 0 fully saturated rings. The highest BCUT2D eigenvalue weighted by Crippen LogP contribution is 2.24. The van der Waals surface area contributed by atoms with E-state index in [1.165, 1.54) is 36.8 Å². The molecule has 1 atom stereocenters. The summed E-state index contributed by atoms with van der Waals surface area (Å²) in [6.45, 7) is 14.9. The van der Waals surface area contributed by atoms with Crippen molar-refractivity contribution in [3.63, 3.8) is 0 Å². The van der Waals surface area contributed by atoms with Crippen molar-refractivity contribution in [1.29, 1.82) is 0 Å². The van der Waals surface area contributed by atoms with Gasteiger partial charge < -0.3 is 5.32 Å². The molecule has 0 aliphatic carbocycles. The van der Waals surface area contributed by atoms with E-state index in [0.717, 1.165) is 6.54 Å². The van der Waals surface area contributed by atoms with Gasteiger partial charge in [0.25, 0.3) is 0 Å². The maximum Gasteiger partial charge on any atom is 0.0116 e. The minimum absolute atomic E-state index is 0.344. The predicted octanol–water partition coefficient (Wildman–Crippen LogP) is 5.55. The first kappa shape index (κ1) is 18.2. The summed E-state index contributed by atoms with van der Waals surface area (Å²) in [5, 5.41) is 3.72. The predicted molar refractivity (Wildman–Crippen MR) is 95.0 cm³/mol. The Kier molecular flexibility index (Phi) is 7.45. The van der Waals surface area contributed by atoms with Gasteiger partial charge in [0.15, 0.2) is 0 Å². The first-order valence-electron chi connectivity index (χ1n) is 8.66. The standard InChI is InChI=1S/C20H35N/c1-7-15-21-19(20(4,5)6)10-8-9-17-11-13-18(14-12-17)16(2)3/h11-14,16,19,21H,7-10,15H2,1-6H3. The van der Waals surface area contributed by atoms with E-state index in [-0.39, 0.29) is 0 Å². The van der Waals surface area contributed by atoms with Gasteiger partial charge in [-0.25, -0.2) is 0 Å². The minimum Gasteiger partial charge on any atom is -0.313 e. The Morgan fingerprint density at radius 2 is 1.67 bits per heavy atom. The smallest absolute Gasteiger partial charge is 0.0116 e. The molecule has 0 heterocycles. The maximum atomic E-state index is 3.72. The lowest BCUT2D eigenvalue weighted by Gasteiger charge is -2.32. The van der Waals surface area contributed by atoms with Crippen LogP contribution in [0.4, 0.5) is 0 Å². The van der Waals surface area contributed by atoms with Crippen molar-refractivity contribution in [2.45, 2.75) is 79.2 Å². The molecule has 0 amide bonds. The third-order valence-electron chi connectivity index (χ3n) is 4.29. The zero-order valence-electron chi connectivity index (χ0n) is 15.0. The van der Waals surface area contributed by atoms with Crippen molar-refractivity contribution in [1.82, 2.24) is 5.32 Å². The molecular formula is C20H35N. The molecule has 21 heavy (non-hydrogen) atoms. The summed E-state index contributed by atoms with van der Waals surface area (Å²) in [5.74, 6) is 0.627. The normalized spacial score (nSPS) is 13.7. The first-order chi connectivity index (χ1) is 9.84. The van der Waals surface area contributed by atoms with Crippen molar-refractivity contribution in [2.75, 3.05) is 6.54 Å². The molecule has 1 aromatic carbocycles. The molecule has 0 saturated carbocycles. The van der Waals surface area contributed by atoms with Gasteiger partial charge in [-0.2, -0.15) is 0 Å². The zero-order valence-corrected chi connectivity index (χ0v) is 15.0. The van der Waals surface area contributed by atoms with E-state index in [0.29, 0.717) is 17.4 Å². The van der Waals surface area contributed by atoms with E-state index in [1.54, 1.807) is 0 Å². The van der Waals surface area contributed by atoms with E-state index >= 15 is 0 Å². The molecule has 0 aliphatic heterocycles. The van der Waals surface area contributed by atoms with Crippen LogP contribution in [-0.4, -0.2) is 12.6 Å². The Morgan fingerprint density at radius 1 is 1.05 bits per heavy atom. The van der Waals surface area contributed by atoms with Gasteiger partial charge in [-0.05, 0) is 54.7 Å². The molecule has 0 spiro atoms. The fourth-order valence-electron chi connectivity index (χ4n) is 2.74. The van der Waals surface area contributed by atoms with Crippen LogP contribution in [0.1, 0.15) is 77.8 Å². The number of hydrogen-bond acceptors (Lipinski definition) is 1. The van der Waals surface area contributed by atoms with Crippen LogP contribution in [0.5, 0.6) is 0 Å². The van der Waals surface area contributed by atoms with Gasteiger partial charge in [0.2, 0.25) is 0 Å². The van der Waals surface area contributed by atoms with Gasteiger partial charge in [-0.15, -0.1) is 0 Å². The monoisotopic (exact) mass is 289 g/mol. The van der Waals surface area contributed by atoms with E-state index in [2.05, 4.69) is 71.1 Å². The fourth-order valence-corrected chi connectivity index (χ4v) is 2.74. The van der Waals surface area contributed by atoms with Crippen LogP contribution in [0.3, 0.4) is 0 Å². The van der Waals surface area contributed by atoms with Crippen molar-refractivity contribution in [3.8, 4) is 0 Å². The SMILES string of the molecule is CCCNC(CCCc1ccc(C(C)C)cc1)C(C)(C)C. The number of aryl methyl sites for hydroxylation is 1. The molecule has 1 rings (SSSR count). The number of hydrogen-bond donors (Lipinski definition) is 1. The van der Waals surface area contributed by atoms with Gasteiger partial charge in [-0.1, -0.05) is 65.8 Å². The van der Waals surface area contributed by atoms with Crippen molar-refractivity contribution < 1.29 is 0 Å². The van der Waals surface area contributed by atoms with Crippen LogP contribution in [0.25, 0.3) is 0 Å². The quantitative estimate of drug-likeness (QED) is 0.662. The van der Waals surface area contributed by atoms with Gasteiger partial charge in [0.05, 0.1) is 0 Å². The summed E-state index contributed by atoms with van der Waals surface area (Å²) >= 11 is 0. The first-order valence-corrected chi connectivity index (χ1v) is 8.66. The molecule has 0 aromatic heterocycles. The van der Waals surface area contributed by atoms with Crippen molar-refractivity contribution >= 4 is 0 Å². The second-order valence-electron chi connectivity index (χ2n) is 7.66. The highest BCUT2D eigenvalue weighted by molar-refractivity contribution is 5.24. The zero-order chi connectivity index (χ0) is 15.9. The molecule has 1 nitrogen and oxygen atoms in total. The van der Waals surface area contributed by atoms with Crippen LogP contribution in [-0.2, 0) is 6.42 Å². The third-order valence-corrected chi connectivity index (χ3v) is 4.29. The van der Waals surface area contributed by atoms with E-state index in [9.17, 15) is 0 Å². The van der Waals surface area contributed by atoms with Crippen molar-refractivity contribution in [2.24, 2.45) is 5.41 Å². The largest absolute Gasteiger partial charge is 0.313 e. The lowest BCUT2D eigenvalue weighted by Crippen LogP contribution is -2.40. The summed E-state index contributed by atoms with van der Waals surface area (Å²) in [6.07, 6.45) is 4.93. The number of benzene rings is 1. The van der Waals surface area contributed by atoms with Crippen LogP contribution in [0, 0.1) is 5.41 Å². The van der Waals surface area contributed by atoms with E-state index < -0.39 is 0 Å². The van der Waals surface area contributed by atoms with Crippen LogP contribution in [0.2, 0.25) is 0 Å². The van der Waals surface area contributed by atoms with E-state index in [4.69, 9.17) is 0 Å². The molecule has 0 saturated heterocycles. The Bertz CT molecular complexity index is 383. The fraction of sp³-hybridized carbons (Fsp3) is 0.700. The lowest BCUT2D eigenvalue weighted by atomic mass is 9.83. The molecular weight excluding hydrogens is 254 g/mol. The Labute approximate surface area is 132 Å². The van der Waals surface area contributed by atoms with Gasteiger partial charge >= 0.3 is 0 Å². The molecule has 1 aromatic rings. The topological polar surface area (TPSA) is 12.0 Å². The van der Waals surface area contributed by atoms with Gasteiger partial charge in [-0.3, -0.25) is 0 Å². The number of nitrogens with one attached hydrogen (secondary N) is 1. The molecule has 1 unspecified atom stereocenters. The molecule has 1 N–H and O–H groups in total. The Balaban J connectivity index is 2.46. The highest BCUT2D eigenvalue weighted by atomic mass is 14.9. The number of rotatable bonds is 8. The molecule has 0 bridgehead atoms. The molecule has 1 heteroatoms. The average molecular weight is 290 g/mol. The Hall–Kier alpha value is -0.820. The highest BCUT2D eigenvalue weighted by Gasteiger charge is 2.23. The molecule has 120 valence electrons. The second-order valence-corrected chi connectivity index (χ2v) is 7.66. The summed E-state index contributed by atoms with van der Waals surface area (Å²) < 4.78 is 0. The summed E-state index contributed by atoms with van der Waals surface area (Å²) in [5.41, 5.74) is 3.26. The second kappa shape index (κ2) is 8.58. The maximum absolute atomic E-state index is 3.72. The van der Waals surface area contributed by atoms with Gasteiger partial charge in [0.1, 0.15) is 0 Å². The minimum atomic E-state index is 0.344. The molecule has 0 aliphatic rings. The van der Waals surface area contributed by atoms with Crippen LogP contribution in [0.15, 0.2) is 24.3 Å². The summed E-state index contributed by atoms with van der Waals surface area (Å²) in [4.78, 5) is 0. The van der Waals surface area contributed by atoms with Crippen LogP contribution >= 0.6 is 0 Å². The lowest BCUT2D eigenvalue weighted by molar-refractivity contribution is 0.251. The summed E-state index contributed by atoms with van der Waals surface area (Å²) in [6, 6.07) is 9.81. The van der Waals surface area contributed by atoms with E-state index in [1.807, 2.05) is 0 Å². The average Bonchev–Trinajstić information content (AvgIpc) is 2.41. The third kappa shape index (κ3) is 6.65. The molecule has 0 radical (unpaired) electrons. The Morgan fingerprint density at radius 3 is 2.14 bits per heavy atom. The summed E-state index contributed by atoms with van der Waals surface area (Å²) in [7, 11) is 0. The van der Waals surface area contributed by atoms with Crippen LogP contribution < -0.4 is 5.32 Å². The van der Waals surface area contributed by atoms with Crippen molar-refractivity contribution in [3.05, 3.63) is 35.4 Å². The van der Waals surface area contributed by atoms with Gasteiger partial charge in [0, 0.05) is 6.04 Å².